The average Bonchev–Trinajstić information content (AvgIpc) is 3.02. The molecule has 0 saturated heterocycles. The number of nitrogens with zero attached hydrogens (tertiary/aromatic N) is 3. The van der Waals surface area contributed by atoms with Gasteiger partial charge in [0.2, 0.25) is 5.88 Å². The van der Waals surface area contributed by atoms with Crippen LogP contribution in [0.1, 0.15) is 31.0 Å². The van der Waals surface area contributed by atoms with E-state index in [4.69, 9.17) is 0 Å². The summed E-state index contributed by atoms with van der Waals surface area (Å²) >= 11 is 0. The molecule has 11 heteroatoms. The van der Waals surface area contributed by atoms with E-state index in [0.717, 1.165) is 45.3 Å². The van der Waals surface area contributed by atoms with Gasteiger partial charge in [0.15, 0.2) is 0 Å². The first-order valence-corrected chi connectivity index (χ1v) is 11.7. The number of para-hydroxylation sites is 1. The Morgan fingerprint density at radius 2 is 1.68 bits per heavy atom. The van der Waals surface area contributed by atoms with Crippen molar-refractivity contribution in [1.29, 1.82) is 0 Å². The maximum atomic E-state index is 13.3. The number of imidazole rings is 1. The topological polar surface area (TPSA) is 94.2 Å². The number of sulfone groups is 1. The molecule has 0 aliphatic rings. The van der Waals surface area contributed by atoms with Gasteiger partial charge in [0, 0.05) is 11.6 Å². The van der Waals surface area contributed by atoms with Crippen molar-refractivity contribution in [2.75, 3.05) is 0 Å². The van der Waals surface area contributed by atoms with Crippen LogP contribution >= 0.6 is 0 Å². The zero-order chi connectivity index (χ0) is 24.8. The molecule has 0 fully saturated rings. The van der Waals surface area contributed by atoms with Gasteiger partial charge in [0.05, 0.1) is 28.3 Å². The summed E-state index contributed by atoms with van der Waals surface area (Å²) in [5.74, 6) is -0.642. The van der Waals surface area contributed by atoms with Crippen LogP contribution in [0.15, 0.2) is 70.5 Å². The van der Waals surface area contributed by atoms with E-state index in [0.29, 0.717) is 5.69 Å². The first-order valence-electron chi connectivity index (χ1n) is 10.2. The maximum absolute atomic E-state index is 13.3. The van der Waals surface area contributed by atoms with Crippen LogP contribution in [-0.4, -0.2) is 33.2 Å². The Hall–Kier alpha value is -3.60. The fourth-order valence-corrected chi connectivity index (χ4v) is 4.64. The molecule has 4 rings (SSSR count). The van der Waals surface area contributed by atoms with Crippen molar-refractivity contribution in [2.45, 2.75) is 36.7 Å². The molecule has 2 heterocycles. The molecule has 0 spiro atoms. The summed E-state index contributed by atoms with van der Waals surface area (Å²) in [6.07, 6.45) is 1.62. The second kappa shape index (κ2) is 8.32. The minimum atomic E-state index is -5.53. The van der Waals surface area contributed by atoms with Gasteiger partial charge >= 0.3 is 11.2 Å². The Labute approximate surface area is 192 Å². The first kappa shape index (κ1) is 23.6. The minimum Gasteiger partial charge on any atom is -0.493 e. The fraction of sp³-hybridized carbons (Fsp3) is 0.217. The van der Waals surface area contributed by atoms with Gasteiger partial charge in [-0.2, -0.15) is 13.2 Å². The van der Waals surface area contributed by atoms with Crippen LogP contribution in [0, 0.1) is 0 Å². The molecular weight excluding hydrogens is 471 g/mol. The summed E-state index contributed by atoms with van der Waals surface area (Å²) in [6.45, 7) is 3.70. The minimum absolute atomic E-state index is 0.0314. The SMILES string of the molecule is CC(C)c1c(O)n(-c2ccc(S(=O)(=O)C(F)(F)F)cc2)c(=O)n1Cc1ccnc2ccccc12. The van der Waals surface area contributed by atoms with Crippen molar-refractivity contribution >= 4 is 20.7 Å². The molecule has 4 aromatic rings. The van der Waals surface area contributed by atoms with Gasteiger partial charge in [-0.3, -0.25) is 9.55 Å². The zero-order valence-electron chi connectivity index (χ0n) is 18.1. The Morgan fingerprint density at radius 3 is 2.29 bits per heavy atom. The number of benzene rings is 2. The molecule has 0 radical (unpaired) electrons. The van der Waals surface area contributed by atoms with Gasteiger partial charge in [-0.15, -0.1) is 0 Å². The summed E-state index contributed by atoms with van der Waals surface area (Å²) in [4.78, 5) is 16.7. The van der Waals surface area contributed by atoms with Crippen LogP contribution in [0.4, 0.5) is 13.2 Å². The van der Waals surface area contributed by atoms with Crippen LogP contribution < -0.4 is 5.69 Å². The maximum Gasteiger partial charge on any atom is 0.501 e. The quantitative estimate of drug-likeness (QED) is 0.448. The van der Waals surface area contributed by atoms with Crippen molar-refractivity contribution in [3.8, 4) is 11.6 Å². The Morgan fingerprint density at radius 1 is 1.03 bits per heavy atom. The standard InChI is InChI=1S/C23H20F3N3O4S/c1-14(2)20-21(30)29(16-7-9-17(10-8-16)34(32,33)23(24,25)26)22(31)28(20)13-15-11-12-27-19-6-4-3-5-18(15)19/h3-12,14,30H,13H2,1-2H3. The molecule has 0 saturated carbocycles. The lowest BCUT2D eigenvalue weighted by molar-refractivity contribution is -0.0436. The third-order valence-electron chi connectivity index (χ3n) is 5.48. The van der Waals surface area contributed by atoms with Gasteiger partial charge in [-0.25, -0.2) is 17.8 Å². The number of aromatic nitrogens is 3. The normalized spacial score (nSPS) is 12.5. The van der Waals surface area contributed by atoms with E-state index in [1.165, 1.54) is 4.57 Å². The Balaban J connectivity index is 1.84. The van der Waals surface area contributed by atoms with Crippen LogP contribution in [0.25, 0.3) is 16.6 Å². The van der Waals surface area contributed by atoms with E-state index in [1.54, 1.807) is 26.1 Å². The van der Waals surface area contributed by atoms with Gasteiger partial charge in [-0.05, 0) is 47.9 Å². The van der Waals surface area contributed by atoms with Gasteiger partial charge in [-0.1, -0.05) is 32.0 Å². The summed E-state index contributed by atoms with van der Waals surface area (Å²) in [7, 11) is -5.53. The molecule has 0 amide bonds. The third-order valence-corrected chi connectivity index (χ3v) is 6.98. The lowest BCUT2D eigenvalue weighted by Gasteiger charge is -2.12. The largest absolute Gasteiger partial charge is 0.501 e. The number of pyridine rings is 1. The molecule has 0 atom stereocenters. The molecule has 0 bridgehead atoms. The van der Waals surface area contributed by atoms with E-state index in [-0.39, 0.29) is 24.0 Å². The first-order chi connectivity index (χ1) is 15.9. The highest BCUT2D eigenvalue weighted by atomic mass is 32.2. The predicted molar refractivity (Wildman–Crippen MR) is 120 cm³/mol. The molecule has 2 aromatic heterocycles. The molecular formula is C23H20F3N3O4S. The highest BCUT2D eigenvalue weighted by Crippen LogP contribution is 2.32. The second-order valence-corrected chi connectivity index (χ2v) is 9.94. The molecule has 0 aliphatic carbocycles. The van der Waals surface area contributed by atoms with Gasteiger partial charge < -0.3 is 5.11 Å². The summed E-state index contributed by atoms with van der Waals surface area (Å²) in [5.41, 5.74) is -4.17. The van der Waals surface area contributed by atoms with Crippen LogP contribution in [0.2, 0.25) is 0 Å². The van der Waals surface area contributed by atoms with Crippen LogP contribution in [-0.2, 0) is 16.4 Å². The van der Waals surface area contributed by atoms with E-state index < -0.39 is 25.9 Å². The molecule has 0 unspecified atom stereocenters. The van der Waals surface area contributed by atoms with Gasteiger partial charge in [0.1, 0.15) is 0 Å². The predicted octanol–water partition coefficient (Wildman–Crippen LogP) is 4.36. The van der Waals surface area contributed by atoms with Crippen molar-refractivity contribution < 1.29 is 26.7 Å². The Kier molecular flexibility index (Phi) is 5.76. The Bertz CT molecular complexity index is 1530. The number of aromatic hydroxyl groups is 1. The summed E-state index contributed by atoms with van der Waals surface area (Å²) in [6, 6.07) is 12.8. The van der Waals surface area contributed by atoms with Crippen LogP contribution in [0.5, 0.6) is 5.88 Å². The van der Waals surface area contributed by atoms with E-state index in [9.17, 15) is 31.5 Å². The van der Waals surface area contributed by atoms with Crippen LogP contribution in [0.3, 0.4) is 0 Å². The molecule has 2 aromatic carbocycles. The molecule has 34 heavy (non-hydrogen) atoms. The van der Waals surface area contributed by atoms with E-state index in [1.807, 2.05) is 24.3 Å². The summed E-state index contributed by atoms with van der Waals surface area (Å²) < 4.78 is 64.1. The fourth-order valence-electron chi connectivity index (χ4n) is 3.88. The number of halogens is 3. The van der Waals surface area contributed by atoms with E-state index in [2.05, 4.69) is 4.98 Å². The van der Waals surface area contributed by atoms with Crippen molar-refractivity contribution in [3.05, 3.63) is 82.5 Å². The third kappa shape index (κ3) is 3.85. The van der Waals surface area contributed by atoms with Crippen molar-refractivity contribution in [2.24, 2.45) is 0 Å². The van der Waals surface area contributed by atoms with Gasteiger partial charge in [0.25, 0.3) is 9.84 Å². The van der Waals surface area contributed by atoms with Crippen molar-refractivity contribution in [3.63, 3.8) is 0 Å². The lowest BCUT2D eigenvalue weighted by atomic mass is 10.1. The molecule has 0 aliphatic heterocycles. The number of alkyl halides is 3. The monoisotopic (exact) mass is 491 g/mol. The summed E-state index contributed by atoms with van der Waals surface area (Å²) in [5, 5.41) is 11.7. The lowest BCUT2D eigenvalue weighted by Crippen LogP contribution is -2.25. The second-order valence-electron chi connectivity index (χ2n) is 8.00. The average molecular weight is 491 g/mol. The van der Waals surface area contributed by atoms with Crippen molar-refractivity contribution in [1.82, 2.24) is 14.1 Å². The smallest absolute Gasteiger partial charge is 0.493 e. The molecule has 1 N–H and O–H groups in total. The molecule has 178 valence electrons. The van der Waals surface area contributed by atoms with E-state index >= 15 is 0 Å². The number of hydrogen-bond acceptors (Lipinski definition) is 5. The number of hydrogen-bond donors (Lipinski definition) is 1. The molecule has 7 nitrogen and oxygen atoms in total. The highest BCUT2D eigenvalue weighted by Gasteiger charge is 2.46. The number of fused-ring (bicyclic) bond motifs is 1. The highest BCUT2D eigenvalue weighted by molar-refractivity contribution is 7.92. The number of rotatable bonds is 5. The zero-order valence-corrected chi connectivity index (χ0v) is 18.9.